The van der Waals surface area contributed by atoms with Crippen LogP contribution in [0.3, 0.4) is 0 Å². The molecule has 0 saturated carbocycles. The number of unbranched alkanes of at least 4 members (excludes halogenated alkanes) is 12. The Hall–Kier alpha value is -2.36. The van der Waals surface area contributed by atoms with E-state index in [1.807, 2.05) is 36.4 Å². The Labute approximate surface area is 206 Å². The average molecular weight is 465 g/mol. The van der Waals surface area contributed by atoms with Crippen LogP contribution in [0.15, 0.2) is 36.4 Å². The lowest BCUT2D eigenvalue weighted by Crippen LogP contribution is -2.03. The minimum atomic E-state index is 0.716. The second kappa shape index (κ2) is 15.5. The van der Waals surface area contributed by atoms with Gasteiger partial charge < -0.3 is 9.47 Å². The van der Waals surface area contributed by atoms with Crippen molar-refractivity contribution >= 4 is 22.1 Å². The van der Waals surface area contributed by atoms with Crippen molar-refractivity contribution in [1.29, 1.82) is 0 Å². The smallest absolute Gasteiger partial charge is 0.163 e. The second-order valence-electron chi connectivity index (χ2n) is 9.44. The van der Waals surface area contributed by atoms with Gasteiger partial charge in [0.05, 0.1) is 35.3 Å². The molecule has 0 aliphatic carbocycles. The number of ether oxygens (including phenoxy) is 2. The monoisotopic (exact) mass is 464 g/mol. The fourth-order valence-corrected chi connectivity index (χ4v) is 4.34. The fourth-order valence-electron chi connectivity index (χ4n) is 4.34. The third-order valence-corrected chi connectivity index (χ3v) is 6.42. The molecule has 4 nitrogen and oxygen atoms in total. The average Bonchev–Trinajstić information content (AvgIpc) is 2.86. The molecule has 1 aromatic heterocycles. The number of hydrogen-bond acceptors (Lipinski definition) is 4. The van der Waals surface area contributed by atoms with Gasteiger partial charge in [-0.3, -0.25) is 0 Å². The van der Waals surface area contributed by atoms with Crippen LogP contribution < -0.4 is 9.47 Å². The molecule has 4 heteroatoms. The Bertz CT molecular complexity index is 895. The molecule has 0 N–H and O–H groups in total. The molecule has 0 spiro atoms. The number of para-hydroxylation sites is 2. The van der Waals surface area contributed by atoms with Gasteiger partial charge >= 0.3 is 0 Å². The first kappa shape index (κ1) is 26.2. The highest BCUT2D eigenvalue weighted by Crippen LogP contribution is 2.32. The van der Waals surface area contributed by atoms with Crippen molar-refractivity contribution in [3.8, 4) is 11.5 Å². The van der Waals surface area contributed by atoms with E-state index in [9.17, 15) is 0 Å². The van der Waals surface area contributed by atoms with Crippen molar-refractivity contribution in [3.05, 3.63) is 36.4 Å². The molecule has 3 rings (SSSR count). The molecule has 1 heterocycles. The largest absolute Gasteiger partial charge is 0.490 e. The quantitative estimate of drug-likeness (QED) is 0.139. The van der Waals surface area contributed by atoms with Crippen LogP contribution in [-0.4, -0.2) is 23.2 Å². The van der Waals surface area contributed by atoms with Gasteiger partial charge in [0.2, 0.25) is 0 Å². The number of benzene rings is 2. The van der Waals surface area contributed by atoms with Crippen LogP contribution in [0.4, 0.5) is 0 Å². The summed E-state index contributed by atoms with van der Waals surface area (Å²) in [5, 5.41) is 0. The van der Waals surface area contributed by atoms with Crippen LogP contribution in [-0.2, 0) is 0 Å². The molecule has 0 unspecified atom stereocenters. The Morgan fingerprint density at radius 1 is 0.500 bits per heavy atom. The molecule has 2 aromatic carbocycles. The molecule has 0 aliphatic heterocycles. The summed E-state index contributed by atoms with van der Waals surface area (Å²) in [5.41, 5.74) is 3.53. The number of aromatic nitrogens is 2. The van der Waals surface area contributed by atoms with E-state index < -0.39 is 0 Å². The third-order valence-electron chi connectivity index (χ3n) is 6.42. The first-order valence-electron chi connectivity index (χ1n) is 13.8. The molecule has 0 amide bonds. The van der Waals surface area contributed by atoms with Gasteiger partial charge in [0.1, 0.15) is 0 Å². The zero-order valence-electron chi connectivity index (χ0n) is 21.5. The Kier molecular flexibility index (Phi) is 12.0. The fraction of sp³-hybridized carbons (Fsp3) is 0.600. The van der Waals surface area contributed by atoms with Crippen molar-refractivity contribution in [2.75, 3.05) is 13.2 Å². The third kappa shape index (κ3) is 8.77. The zero-order chi connectivity index (χ0) is 23.8. The Balaban J connectivity index is 1.59. The number of nitrogens with zero attached hydrogens (tertiary/aromatic N) is 2. The number of rotatable bonds is 18. The summed E-state index contributed by atoms with van der Waals surface area (Å²) in [6.45, 7) is 5.96. The van der Waals surface area contributed by atoms with Gasteiger partial charge in [0.25, 0.3) is 0 Å². The standard InChI is InChI=1S/C30H44N2O2/c1-3-5-7-9-11-13-17-21-33-29-23-27-28(32-26-20-16-15-19-25(26)31-27)24-30(29)34-22-18-14-12-10-8-6-4-2/h15-16,19-20,23-24H,3-14,17-18,21-22H2,1-2H3. The molecule has 3 aromatic rings. The first-order valence-corrected chi connectivity index (χ1v) is 13.8. The minimum Gasteiger partial charge on any atom is -0.490 e. The number of fused-ring (bicyclic) bond motifs is 2. The van der Waals surface area contributed by atoms with Gasteiger partial charge in [0.15, 0.2) is 11.5 Å². The normalized spacial score (nSPS) is 11.4. The molecule has 186 valence electrons. The highest BCUT2D eigenvalue weighted by molar-refractivity contribution is 5.88. The van der Waals surface area contributed by atoms with Crippen LogP contribution >= 0.6 is 0 Å². The van der Waals surface area contributed by atoms with Gasteiger partial charge in [0, 0.05) is 12.1 Å². The summed E-state index contributed by atoms with van der Waals surface area (Å²) < 4.78 is 12.4. The molecular weight excluding hydrogens is 420 g/mol. The van der Waals surface area contributed by atoms with E-state index in [0.717, 1.165) is 46.4 Å². The molecule has 0 saturated heterocycles. The van der Waals surface area contributed by atoms with Crippen molar-refractivity contribution < 1.29 is 9.47 Å². The van der Waals surface area contributed by atoms with Crippen LogP contribution in [0.1, 0.15) is 104 Å². The van der Waals surface area contributed by atoms with Gasteiger partial charge in [-0.2, -0.15) is 0 Å². The Morgan fingerprint density at radius 2 is 0.882 bits per heavy atom. The van der Waals surface area contributed by atoms with Gasteiger partial charge in [-0.05, 0) is 25.0 Å². The summed E-state index contributed by atoms with van der Waals surface area (Å²) in [6.07, 6.45) is 17.8. The second-order valence-corrected chi connectivity index (χ2v) is 9.44. The maximum Gasteiger partial charge on any atom is 0.163 e. The van der Waals surface area contributed by atoms with E-state index in [1.54, 1.807) is 0 Å². The van der Waals surface area contributed by atoms with Crippen molar-refractivity contribution in [3.63, 3.8) is 0 Å². The summed E-state index contributed by atoms with van der Waals surface area (Å²) in [5.74, 6) is 1.59. The summed E-state index contributed by atoms with van der Waals surface area (Å²) in [6, 6.07) is 12.0. The minimum absolute atomic E-state index is 0.716. The van der Waals surface area contributed by atoms with E-state index in [4.69, 9.17) is 19.4 Å². The van der Waals surface area contributed by atoms with Crippen molar-refractivity contribution in [2.24, 2.45) is 0 Å². The van der Waals surface area contributed by atoms with E-state index in [-0.39, 0.29) is 0 Å². The molecule has 0 atom stereocenters. The predicted octanol–water partition coefficient (Wildman–Crippen LogP) is 9.04. The maximum absolute atomic E-state index is 6.21. The SMILES string of the molecule is CCCCCCCCCOc1cc2nc3ccccc3nc2cc1OCCCCCCCCC. The van der Waals surface area contributed by atoms with Crippen LogP contribution in [0.5, 0.6) is 11.5 Å². The summed E-state index contributed by atoms with van der Waals surface area (Å²) in [7, 11) is 0. The molecule has 0 radical (unpaired) electrons. The molecule has 0 aliphatic rings. The lowest BCUT2D eigenvalue weighted by molar-refractivity contribution is 0.259. The lowest BCUT2D eigenvalue weighted by atomic mass is 10.1. The Morgan fingerprint density at radius 3 is 1.29 bits per heavy atom. The van der Waals surface area contributed by atoms with E-state index in [0.29, 0.717) is 13.2 Å². The highest BCUT2D eigenvalue weighted by atomic mass is 16.5. The van der Waals surface area contributed by atoms with Crippen molar-refractivity contribution in [1.82, 2.24) is 9.97 Å². The van der Waals surface area contributed by atoms with Gasteiger partial charge in [-0.1, -0.05) is 103 Å². The topological polar surface area (TPSA) is 44.2 Å². The number of hydrogen-bond donors (Lipinski definition) is 0. The molecule has 0 fully saturated rings. The zero-order valence-corrected chi connectivity index (χ0v) is 21.5. The molecule has 0 bridgehead atoms. The predicted molar refractivity (Wildman–Crippen MR) is 144 cm³/mol. The van der Waals surface area contributed by atoms with Gasteiger partial charge in [-0.15, -0.1) is 0 Å². The van der Waals surface area contributed by atoms with Crippen LogP contribution in [0.2, 0.25) is 0 Å². The summed E-state index contributed by atoms with van der Waals surface area (Å²) in [4.78, 5) is 9.63. The van der Waals surface area contributed by atoms with E-state index in [1.165, 1.54) is 77.0 Å². The van der Waals surface area contributed by atoms with Crippen LogP contribution in [0, 0.1) is 0 Å². The summed E-state index contributed by atoms with van der Waals surface area (Å²) >= 11 is 0. The van der Waals surface area contributed by atoms with E-state index >= 15 is 0 Å². The van der Waals surface area contributed by atoms with Crippen molar-refractivity contribution in [2.45, 2.75) is 104 Å². The maximum atomic E-state index is 6.21. The highest BCUT2D eigenvalue weighted by Gasteiger charge is 2.11. The van der Waals surface area contributed by atoms with Gasteiger partial charge in [-0.25, -0.2) is 9.97 Å². The van der Waals surface area contributed by atoms with E-state index in [2.05, 4.69) is 13.8 Å². The lowest BCUT2D eigenvalue weighted by Gasteiger charge is -2.14. The molecular formula is C30H44N2O2. The molecule has 34 heavy (non-hydrogen) atoms. The first-order chi connectivity index (χ1) is 16.8. The van der Waals surface area contributed by atoms with Crippen LogP contribution in [0.25, 0.3) is 22.1 Å².